The second kappa shape index (κ2) is 10.2. The SMILES string of the molecule is CCCOc1c(OC)ccc(Br)c1CNc1ccc(N2CCOCC2)c(Cl)c1. The summed E-state index contributed by atoms with van der Waals surface area (Å²) in [4.78, 5) is 2.25. The van der Waals surface area contributed by atoms with Crippen LogP contribution < -0.4 is 19.7 Å². The monoisotopic (exact) mass is 468 g/mol. The van der Waals surface area contributed by atoms with Gasteiger partial charge in [0.1, 0.15) is 0 Å². The Balaban J connectivity index is 1.75. The Bertz CT molecular complexity index is 797. The summed E-state index contributed by atoms with van der Waals surface area (Å²) in [5.74, 6) is 1.50. The second-order valence-electron chi connectivity index (χ2n) is 6.52. The van der Waals surface area contributed by atoms with Gasteiger partial charge in [-0.05, 0) is 36.8 Å². The highest BCUT2D eigenvalue weighted by molar-refractivity contribution is 9.10. The van der Waals surface area contributed by atoms with Gasteiger partial charge in [0.15, 0.2) is 11.5 Å². The van der Waals surface area contributed by atoms with E-state index in [9.17, 15) is 0 Å². The van der Waals surface area contributed by atoms with Crippen LogP contribution in [0.1, 0.15) is 18.9 Å². The number of anilines is 2. The Kier molecular flexibility index (Phi) is 7.71. The number of benzene rings is 2. The standard InChI is InChI=1S/C21H26BrClN2O3/c1-3-10-28-21-16(17(22)5-7-20(21)26-2)14-24-15-4-6-19(18(23)13-15)25-8-11-27-12-9-25/h4-7,13,24H,3,8-12,14H2,1-2H3. The van der Waals surface area contributed by atoms with Gasteiger partial charge in [0.05, 0.1) is 37.6 Å². The number of morpholine rings is 1. The third kappa shape index (κ3) is 5.04. The third-order valence-electron chi connectivity index (χ3n) is 4.61. The molecule has 152 valence electrons. The third-order valence-corrected chi connectivity index (χ3v) is 5.65. The average molecular weight is 470 g/mol. The molecule has 1 aliphatic heterocycles. The van der Waals surface area contributed by atoms with E-state index in [-0.39, 0.29) is 0 Å². The van der Waals surface area contributed by atoms with Gasteiger partial charge in [-0.15, -0.1) is 0 Å². The summed E-state index contributed by atoms with van der Waals surface area (Å²) in [6.07, 6.45) is 0.932. The van der Waals surface area contributed by atoms with Crippen molar-refractivity contribution >= 4 is 38.9 Å². The van der Waals surface area contributed by atoms with Crippen molar-refractivity contribution in [2.75, 3.05) is 50.2 Å². The van der Waals surface area contributed by atoms with Crippen molar-refractivity contribution in [3.05, 3.63) is 45.4 Å². The van der Waals surface area contributed by atoms with Gasteiger partial charge < -0.3 is 24.4 Å². The topological polar surface area (TPSA) is 43.0 Å². The van der Waals surface area contributed by atoms with Gasteiger partial charge in [0.25, 0.3) is 0 Å². The van der Waals surface area contributed by atoms with Crippen molar-refractivity contribution in [2.24, 2.45) is 0 Å². The van der Waals surface area contributed by atoms with Gasteiger partial charge in [-0.2, -0.15) is 0 Å². The summed E-state index contributed by atoms with van der Waals surface area (Å²) < 4.78 is 17.8. The minimum absolute atomic E-state index is 0.587. The summed E-state index contributed by atoms with van der Waals surface area (Å²) in [5.41, 5.74) is 3.02. The van der Waals surface area contributed by atoms with Crippen LogP contribution in [-0.4, -0.2) is 40.0 Å². The fourth-order valence-electron chi connectivity index (χ4n) is 3.14. The van der Waals surface area contributed by atoms with E-state index in [1.807, 2.05) is 18.2 Å². The van der Waals surface area contributed by atoms with Crippen LogP contribution in [0.4, 0.5) is 11.4 Å². The second-order valence-corrected chi connectivity index (χ2v) is 7.79. The maximum absolute atomic E-state index is 6.55. The minimum atomic E-state index is 0.587. The molecule has 0 bridgehead atoms. The van der Waals surface area contributed by atoms with Gasteiger partial charge in [0.2, 0.25) is 0 Å². The molecule has 2 aromatic rings. The number of methoxy groups -OCH3 is 1. The zero-order chi connectivity index (χ0) is 19.9. The van der Waals surface area contributed by atoms with E-state index >= 15 is 0 Å². The molecule has 0 saturated carbocycles. The number of hydrogen-bond acceptors (Lipinski definition) is 5. The first-order valence-electron chi connectivity index (χ1n) is 9.48. The highest BCUT2D eigenvalue weighted by atomic mass is 79.9. The van der Waals surface area contributed by atoms with Gasteiger partial charge in [0, 0.05) is 35.4 Å². The lowest BCUT2D eigenvalue weighted by Gasteiger charge is -2.29. The summed E-state index contributed by atoms with van der Waals surface area (Å²) in [6.45, 7) is 6.51. The molecule has 0 spiro atoms. The van der Waals surface area contributed by atoms with Crippen LogP contribution >= 0.6 is 27.5 Å². The molecule has 2 aromatic carbocycles. The smallest absolute Gasteiger partial charge is 0.167 e. The molecule has 0 aromatic heterocycles. The van der Waals surface area contributed by atoms with Crippen molar-refractivity contribution in [1.82, 2.24) is 0 Å². The molecule has 1 heterocycles. The van der Waals surface area contributed by atoms with E-state index < -0.39 is 0 Å². The van der Waals surface area contributed by atoms with Crippen molar-refractivity contribution in [2.45, 2.75) is 19.9 Å². The molecule has 0 atom stereocenters. The molecule has 0 unspecified atom stereocenters. The first kappa shape index (κ1) is 21.1. The van der Waals surface area contributed by atoms with E-state index in [0.717, 1.165) is 70.7 Å². The first-order valence-corrected chi connectivity index (χ1v) is 10.7. The molecular weight excluding hydrogens is 444 g/mol. The maximum atomic E-state index is 6.55. The first-order chi connectivity index (χ1) is 13.6. The van der Waals surface area contributed by atoms with E-state index in [1.165, 1.54) is 0 Å². The fraction of sp³-hybridized carbons (Fsp3) is 0.429. The maximum Gasteiger partial charge on any atom is 0.167 e. The Labute approximate surface area is 180 Å². The van der Waals surface area contributed by atoms with Crippen LogP contribution in [0.3, 0.4) is 0 Å². The predicted molar refractivity (Wildman–Crippen MR) is 118 cm³/mol. The van der Waals surface area contributed by atoms with Gasteiger partial charge in [-0.1, -0.05) is 34.5 Å². The van der Waals surface area contributed by atoms with Gasteiger partial charge in [-0.3, -0.25) is 0 Å². The van der Waals surface area contributed by atoms with E-state index in [0.29, 0.717) is 13.2 Å². The lowest BCUT2D eigenvalue weighted by atomic mass is 10.1. The molecule has 1 fully saturated rings. The molecule has 0 radical (unpaired) electrons. The van der Waals surface area contributed by atoms with E-state index in [2.05, 4.69) is 45.2 Å². The highest BCUT2D eigenvalue weighted by Crippen LogP contribution is 2.37. The molecule has 28 heavy (non-hydrogen) atoms. The lowest BCUT2D eigenvalue weighted by Crippen LogP contribution is -2.36. The van der Waals surface area contributed by atoms with Crippen LogP contribution in [0.2, 0.25) is 5.02 Å². The molecule has 3 rings (SSSR count). The Hall–Kier alpha value is -1.63. The van der Waals surface area contributed by atoms with Gasteiger partial charge >= 0.3 is 0 Å². The summed E-state index contributed by atoms with van der Waals surface area (Å²) in [5, 5.41) is 4.18. The van der Waals surface area contributed by atoms with Crippen LogP contribution in [-0.2, 0) is 11.3 Å². The zero-order valence-corrected chi connectivity index (χ0v) is 18.6. The number of nitrogens with zero attached hydrogens (tertiary/aromatic N) is 1. The molecule has 1 aliphatic rings. The zero-order valence-electron chi connectivity index (χ0n) is 16.3. The molecule has 5 nitrogen and oxygen atoms in total. The summed E-state index contributed by atoms with van der Waals surface area (Å²) in [6, 6.07) is 9.96. The molecule has 1 N–H and O–H groups in total. The molecule has 0 aliphatic carbocycles. The molecule has 7 heteroatoms. The Morgan fingerprint density at radius 3 is 2.68 bits per heavy atom. The quantitative estimate of drug-likeness (QED) is 0.564. The number of halogens is 2. The van der Waals surface area contributed by atoms with Crippen molar-refractivity contribution < 1.29 is 14.2 Å². The summed E-state index contributed by atoms with van der Waals surface area (Å²) >= 11 is 10.2. The van der Waals surface area contributed by atoms with Crippen molar-refractivity contribution in [1.29, 1.82) is 0 Å². The Morgan fingerprint density at radius 2 is 2.00 bits per heavy atom. The van der Waals surface area contributed by atoms with Gasteiger partial charge in [-0.25, -0.2) is 0 Å². The largest absolute Gasteiger partial charge is 0.493 e. The fourth-order valence-corrected chi connectivity index (χ4v) is 3.89. The van der Waals surface area contributed by atoms with Crippen LogP contribution in [0.5, 0.6) is 11.5 Å². The van der Waals surface area contributed by atoms with Crippen molar-refractivity contribution in [3.8, 4) is 11.5 Å². The predicted octanol–water partition coefficient (Wildman–Crippen LogP) is 5.35. The van der Waals surface area contributed by atoms with Crippen LogP contribution in [0.15, 0.2) is 34.8 Å². The highest BCUT2D eigenvalue weighted by Gasteiger charge is 2.16. The normalized spacial score (nSPS) is 14.1. The summed E-state index contributed by atoms with van der Waals surface area (Å²) in [7, 11) is 1.66. The Morgan fingerprint density at radius 1 is 1.21 bits per heavy atom. The average Bonchev–Trinajstić information content (AvgIpc) is 2.72. The number of hydrogen-bond donors (Lipinski definition) is 1. The van der Waals surface area contributed by atoms with Crippen LogP contribution in [0.25, 0.3) is 0 Å². The lowest BCUT2D eigenvalue weighted by molar-refractivity contribution is 0.122. The van der Waals surface area contributed by atoms with E-state index in [4.69, 9.17) is 25.8 Å². The molecule has 1 saturated heterocycles. The van der Waals surface area contributed by atoms with Crippen LogP contribution in [0, 0.1) is 0 Å². The number of ether oxygens (including phenoxy) is 3. The molecule has 0 amide bonds. The van der Waals surface area contributed by atoms with Crippen molar-refractivity contribution in [3.63, 3.8) is 0 Å². The number of nitrogens with one attached hydrogen (secondary N) is 1. The molecular formula is C21H26BrClN2O3. The number of rotatable bonds is 8. The van der Waals surface area contributed by atoms with E-state index in [1.54, 1.807) is 7.11 Å². The minimum Gasteiger partial charge on any atom is -0.493 e.